The number of carbonyl (C=O) groups is 4. The molecule has 4 heteroatoms. The summed E-state index contributed by atoms with van der Waals surface area (Å²) in [5, 5.41) is 0. The van der Waals surface area contributed by atoms with Gasteiger partial charge in [-0.2, -0.15) is 0 Å². The van der Waals surface area contributed by atoms with Crippen LogP contribution in [0.3, 0.4) is 0 Å². The fraction of sp³-hybridized carbons (Fsp3) is 0.667. The first-order valence-corrected chi connectivity index (χ1v) is 5.49. The third-order valence-electron chi connectivity index (χ3n) is 1.87. The van der Waals surface area contributed by atoms with Crippen molar-refractivity contribution in [1.29, 1.82) is 0 Å². The highest BCUT2D eigenvalue weighted by Gasteiger charge is 1.95. The molecule has 1 unspecified atom stereocenters. The molecule has 16 heavy (non-hydrogen) atoms. The normalized spacial score (nSPS) is 10.6. The highest BCUT2D eigenvalue weighted by Crippen LogP contribution is 1.98. The summed E-state index contributed by atoms with van der Waals surface area (Å²) in [5.74, 6) is 0.0419. The maximum Gasteiger partial charge on any atom is 0.122 e. The van der Waals surface area contributed by atoms with E-state index in [0.717, 1.165) is 38.0 Å². The van der Waals surface area contributed by atoms with Crippen molar-refractivity contribution in [2.24, 2.45) is 5.92 Å². The summed E-state index contributed by atoms with van der Waals surface area (Å²) in [6.45, 7) is 1.80. The van der Waals surface area contributed by atoms with Gasteiger partial charge in [0.25, 0.3) is 0 Å². The van der Waals surface area contributed by atoms with E-state index >= 15 is 0 Å². The standard InChI is InChI=1S/2C6H10O2/c1-6(5-8)3-2-4-7;7-5-3-1-2-4-6-8/h4-6H,2-3H2,1H3;5-6H,1-4H2. The number of hydrogen-bond acceptors (Lipinski definition) is 4. The quantitative estimate of drug-likeness (QED) is 0.445. The van der Waals surface area contributed by atoms with Gasteiger partial charge in [-0.25, -0.2) is 0 Å². The van der Waals surface area contributed by atoms with Crippen molar-refractivity contribution in [2.45, 2.75) is 45.4 Å². The van der Waals surface area contributed by atoms with Crippen LogP contribution in [0.25, 0.3) is 0 Å². The highest BCUT2D eigenvalue weighted by molar-refractivity contribution is 5.55. The van der Waals surface area contributed by atoms with Gasteiger partial charge in [0.2, 0.25) is 0 Å². The molecule has 0 aromatic heterocycles. The molecule has 0 fully saturated rings. The van der Waals surface area contributed by atoms with Crippen molar-refractivity contribution in [3.8, 4) is 0 Å². The topological polar surface area (TPSA) is 68.3 Å². The zero-order valence-electron chi connectivity index (χ0n) is 9.76. The smallest absolute Gasteiger partial charge is 0.122 e. The number of rotatable bonds is 9. The van der Waals surface area contributed by atoms with E-state index in [1.807, 2.05) is 0 Å². The molecule has 0 bridgehead atoms. The van der Waals surface area contributed by atoms with Gasteiger partial charge >= 0.3 is 0 Å². The third-order valence-corrected chi connectivity index (χ3v) is 1.87. The average molecular weight is 228 g/mol. The molecular formula is C12H20O4. The van der Waals surface area contributed by atoms with E-state index in [0.29, 0.717) is 25.7 Å². The second kappa shape index (κ2) is 16.1. The largest absolute Gasteiger partial charge is 0.303 e. The Morgan fingerprint density at radius 2 is 1.25 bits per heavy atom. The Morgan fingerprint density at radius 3 is 1.56 bits per heavy atom. The molecule has 0 N–H and O–H groups in total. The van der Waals surface area contributed by atoms with Gasteiger partial charge in [0.05, 0.1) is 0 Å². The van der Waals surface area contributed by atoms with Gasteiger partial charge in [-0.1, -0.05) is 6.92 Å². The Morgan fingerprint density at radius 1 is 0.812 bits per heavy atom. The molecular weight excluding hydrogens is 208 g/mol. The molecule has 0 aromatic rings. The fourth-order valence-corrected chi connectivity index (χ4v) is 0.854. The van der Waals surface area contributed by atoms with E-state index in [2.05, 4.69) is 0 Å². The predicted molar refractivity (Wildman–Crippen MR) is 61.1 cm³/mol. The van der Waals surface area contributed by atoms with E-state index in [4.69, 9.17) is 0 Å². The summed E-state index contributed by atoms with van der Waals surface area (Å²) in [5.41, 5.74) is 0. The van der Waals surface area contributed by atoms with Crippen LogP contribution in [0.1, 0.15) is 45.4 Å². The first-order valence-electron chi connectivity index (χ1n) is 5.49. The molecule has 0 amide bonds. The van der Waals surface area contributed by atoms with Gasteiger partial charge in [0.15, 0.2) is 0 Å². The maximum absolute atomic E-state index is 9.89. The number of hydrogen-bond donors (Lipinski definition) is 0. The molecule has 0 aliphatic carbocycles. The zero-order chi connectivity index (χ0) is 12.6. The summed E-state index contributed by atoms with van der Waals surface area (Å²) in [6, 6.07) is 0. The summed E-state index contributed by atoms with van der Waals surface area (Å²) in [4.78, 5) is 39.0. The predicted octanol–water partition coefficient (Wildman–Crippen LogP) is 1.75. The van der Waals surface area contributed by atoms with Crippen LogP contribution in [0.2, 0.25) is 0 Å². The van der Waals surface area contributed by atoms with E-state index in [9.17, 15) is 19.2 Å². The van der Waals surface area contributed by atoms with Crippen molar-refractivity contribution < 1.29 is 19.2 Å². The minimum absolute atomic E-state index is 0.0419. The SMILES string of the molecule is CC(C=O)CCC=O.O=CCCCCC=O. The van der Waals surface area contributed by atoms with E-state index in [1.54, 1.807) is 6.92 Å². The van der Waals surface area contributed by atoms with Crippen LogP contribution >= 0.6 is 0 Å². The zero-order valence-corrected chi connectivity index (χ0v) is 9.76. The van der Waals surface area contributed by atoms with E-state index in [1.165, 1.54) is 0 Å². The molecule has 0 saturated carbocycles. The van der Waals surface area contributed by atoms with Crippen LogP contribution in [0.15, 0.2) is 0 Å². The summed E-state index contributed by atoms with van der Waals surface area (Å²) in [6.07, 6.45) is 7.53. The Hall–Kier alpha value is -1.32. The summed E-state index contributed by atoms with van der Waals surface area (Å²) < 4.78 is 0. The molecule has 4 nitrogen and oxygen atoms in total. The molecule has 0 aromatic carbocycles. The van der Waals surface area contributed by atoms with Crippen LogP contribution in [-0.4, -0.2) is 25.1 Å². The van der Waals surface area contributed by atoms with Crippen LogP contribution in [0.5, 0.6) is 0 Å². The minimum Gasteiger partial charge on any atom is -0.303 e. The lowest BCUT2D eigenvalue weighted by Gasteiger charge is -1.94. The van der Waals surface area contributed by atoms with Gasteiger partial charge in [-0.05, 0) is 19.3 Å². The van der Waals surface area contributed by atoms with Crippen LogP contribution in [0, 0.1) is 5.92 Å². The molecule has 0 heterocycles. The summed E-state index contributed by atoms with van der Waals surface area (Å²) in [7, 11) is 0. The number of unbranched alkanes of at least 4 members (excludes halogenated alkanes) is 3. The average Bonchev–Trinajstić information content (AvgIpc) is 2.32. The lowest BCUT2D eigenvalue weighted by Crippen LogP contribution is -1.94. The lowest BCUT2D eigenvalue weighted by molar-refractivity contribution is -0.111. The first kappa shape index (κ1) is 17.1. The maximum atomic E-state index is 9.89. The Kier molecular flexibility index (Phi) is 17.2. The molecule has 0 saturated heterocycles. The minimum atomic E-state index is 0.0419. The third kappa shape index (κ3) is 18.5. The Bertz CT molecular complexity index is 179. The Balaban J connectivity index is 0. The van der Waals surface area contributed by atoms with Gasteiger partial charge in [0, 0.05) is 25.2 Å². The molecule has 0 spiro atoms. The van der Waals surface area contributed by atoms with Gasteiger partial charge < -0.3 is 19.2 Å². The Labute approximate surface area is 96.4 Å². The second-order valence-electron chi connectivity index (χ2n) is 3.48. The van der Waals surface area contributed by atoms with Gasteiger partial charge in [-0.3, -0.25) is 0 Å². The summed E-state index contributed by atoms with van der Waals surface area (Å²) >= 11 is 0. The molecule has 0 radical (unpaired) electrons. The van der Waals surface area contributed by atoms with Crippen molar-refractivity contribution in [3.63, 3.8) is 0 Å². The lowest BCUT2D eigenvalue weighted by atomic mass is 10.1. The van der Waals surface area contributed by atoms with Gasteiger partial charge in [-0.15, -0.1) is 0 Å². The van der Waals surface area contributed by atoms with Crippen molar-refractivity contribution in [1.82, 2.24) is 0 Å². The van der Waals surface area contributed by atoms with Crippen molar-refractivity contribution in [3.05, 3.63) is 0 Å². The number of aldehydes is 4. The number of carbonyl (C=O) groups excluding carboxylic acids is 4. The fourth-order valence-electron chi connectivity index (χ4n) is 0.854. The molecule has 0 rings (SSSR count). The second-order valence-corrected chi connectivity index (χ2v) is 3.48. The molecule has 1 atom stereocenters. The van der Waals surface area contributed by atoms with Crippen molar-refractivity contribution in [2.75, 3.05) is 0 Å². The molecule has 92 valence electrons. The first-order chi connectivity index (χ1) is 7.72. The van der Waals surface area contributed by atoms with E-state index < -0.39 is 0 Å². The molecule has 0 aliphatic heterocycles. The van der Waals surface area contributed by atoms with Gasteiger partial charge in [0.1, 0.15) is 25.1 Å². The van der Waals surface area contributed by atoms with Crippen molar-refractivity contribution >= 4 is 25.1 Å². The molecule has 0 aliphatic rings. The van der Waals surface area contributed by atoms with Crippen LogP contribution < -0.4 is 0 Å². The van der Waals surface area contributed by atoms with Crippen LogP contribution in [0.4, 0.5) is 0 Å². The van der Waals surface area contributed by atoms with Crippen LogP contribution in [-0.2, 0) is 19.2 Å². The monoisotopic (exact) mass is 228 g/mol. The highest BCUT2D eigenvalue weighted by atomic mass is 16.1. The van der Waals surface area contributed by atoms with E-state index in [-0.39, 0.29) is 5.92 Å².